The molecule has 0 aliphatic heterocycles. The molecule has 0 spiro atoms. The number of carbonyl (C=O) groups excluding carboxylic acids is 1. The maximum absolute atomic E-state index is 12.9. The Labute approximate surface area is 180 Å². The van der Waals surface area contributed by atoms with Crippen LogP contribution in [0.15, 0.2) is 6.07 Å². The third-order valence-electron chi connectivity index (χ3n) is 4.00. The van der Waals surface area contributed by atoms with Gasteiger partial charge >= 0.3 is 12.1 Å². The molecule has 0 aliphatic rings. The SMILES string of the molecule is CCc1cc(C(=O)OC)c(NC(=S)NCCCn2nc(C(F)(F)F)c(Cl)c2C)s1. The number of esters is 1. The van der Waals surface area contributed by atoms with Gasteiger partial charge in [-0.25, -0.2) is 4.79 Å². The number of ether oxygens (including phenoxy) is 1. The first-order valence-electron chi connectivity index (χ1n) is 8.64. The molecule has 29 heavy (non-hydrogen) atoms. The van der Waals surface area contributed by atoms with Gasteiger partial charge in [0.05, 0.1) is 23.4 Å². The van der Waals surface area contributed by atoms with Gasteiger partial charge in [-0.05, 0) is 38.0 Å². The number of halogens is 4. The van der Waals surface area contributed by atoms with Crippen molar-refractivity contribution in [1.29, 1.82) is 0 Å². The number of hydrogen-bond donors (Lipinski definition) is 2. The van der Waals surface area contributed by atoms with E-state index in [1.807, 2.05) is 6.92 Å². The van der Waals surface area contributed by atoms with Crippen molar-refractivity contribution in [3.05, 3.63) is 32.9 Å². The minimum absolute atomic E-state index is 0.240. The van der Waals surface area contributed by atoms with Crippen LogP contribution in [0.4, 0.5) is 18.2 Å². The first-order chi connectivity index (χ1) is 13.6. The van der Waals surface area contributed by atoms with E-state index in [2.05, 4.69) is 15.7 Å². The van der Waals surface area contributed by atoms with Crippen molar-refractivity contribution in [2.45, 2.75) is 39.4 Å². The van der Waals surface area contributed by atoms with Gasteiger partial charge in [0.2, 0.25) is 0 Å². The lowest BCUT2D eigenvalue weighted by Gasteiger charge is -2.11. The standard InChI is InChI=1S/C17H20ClF3N4O2S2/c1-4-10-8-11(15(26)27-3)14(29-10)23-16(28)22-6-5-7-25-9(2)12(18)13(24-25)17(19,20)21/h8H,4-7H2,1-3H3,(H2,22,23,28). The molecule has 2 aromatic rings. The fourth-order valence-corrected chi connectivity index (χ4v) is 3.97. The molecule has 0 aliphatic carbocycles. The summed E-state index contributed by atoms with van der Waals surface area (Å²) in [5, 5.41) is 9.97. The van der Waals surface area contributed by atoms with Gasteiger partial charge in [-0.1, -0.05) is 18.5 Å². The third kappa shape index (κ3) is 5.83. The number of thiocarbonyl (C=S) groups is 1. The number of aromatic nitrogens is 2. The van der Waals surface area contributed by atoms with Gasteiger partial charge in [0.25, 0.3) is 0 Å². The quantitative estimate of drug-likeness (QED) is 0.350. The minimum atomic E-state index is -4.59. The van der Waals surface area contributed by atoms with E-state index in [4.69, 9.17) is 28.6 Å². The fourth-order valence-electron chi connectivity index (χ4n) is 2.47. The van der Waals surface area contributed by atoms with Crippen LogP contribution >= 0.6 is 35.2 Å². The highest BCUT2D eigenvalue weighted by atomic mass is 35.5. The van der Waals surface area contributed by atoms with Crippen LogP contribution in [0.3, 0.4) is 0 Å². The van der Waals surface area contributed by atoms with E-state index in [0.29, 0.717) is 28.6 Å². The third-order valence-corrected chi connectivity index (χ3v) is 5.89. The maximum atomic E-state index is 12.9. The average Bonchev–Trinajstić information content (AvgIpc) is 3.19. The molecule has 2 aromatic heterocycles. The Balaban J connectivity index is 1.90. The normalized spacial score (nSPS) is 11.4. The molecule has 0 atom stereocenters. The zero-order chi connectivity index (χ0) is 21.8. The van der Waals surface area contributed by atoms with Gasteiger partial charge < -0.3 is 15.4 Å². The molecule has 160 valence electrons. The summed E-state index contributed by atoms with van der Waals surface area (Å²) in [4.78, 5) is 12.9. The first kappa shape index (κ1) is 23.4. The van der Waals surface area contributed by atoms with Crippen LogP contribution in [0.5, 0.6) is 0 Å². The van der Waals surface area contributed by atoms with Crippen molar-refractivity contribution in [2.75, 3.05) is 19.0 Å². The lowest BCUT2D eigenvalue weighted by atomic mass is 10.2. The molecule has 2 rings (SSSR count). The molecule has 0 radical (unpaired) electrons. The predicted molar refractivity (Wildman–Crippen MR) is 111 cm³/mol. The second-order valence-electron chi connectivity index (χ2n) is 6.00. The number of methoxy groups -OCH3 is 1. The maximum Gasteiger partial charge on any atom is 0.436 e. The molecule has 6 nitrogen and oxygen atoms in total. The number of nitrogens with zero attached hydrogens (tertiary/aromatic N) is 2. The Bertz CT molecular complexity index is 896. The van der Waals surface area contributed by atoms with Crippen molar-refractivity contribution >= 4 is 51.2 Å². The Morgan fingerprint density at radius 1 is 1.45 bits per heavy atom. The van der Waals surface area contributed by atoms with Crippen LogP contribution in [0.1, 0.15) is 40.0 Å². The van der Waals surface area contributed by atoms with E-state index >= 15 is 0 Å². The topological polar surface area (TPSA) is 68.2 Å². The number of rotatable bonds is 7. The summed E-state index contributed by atoms with van der Waals surface area (Å²) in [6.07, 6.45) is -3.36. The Morgan fingerprint density at radius 2 is 2.14 bits per heavy atom. The fraction of sp³-hybridized carbons (Fsp3) is 0.471. The van der Waals surface area contributed by atoms with Gasteiger partial charge in [-0.3, -0.25) is 4.68 Å². The lowest BCUT2D eigenvalue weighted by molar-refractivity contribution is -0.141. The Hall–Kier alpha value is -1.85. The van der Waals surface area contributed by atoms with Gasteiger partial charge in [-0.15, -0.1) is 11.3 Å². The van der Waals surface area contributed by atoms with Crippen LogP contribution in [0.25, 0.3) is 0 Å². The van der Waals surface area contributed by atoms with Crippen molar-refractivity contribution in [3.63, 3.8) is 0 Å². The van der Waals surface area contributed by atoms with Gasteiger partial charge in [0.1, 0.15) is 5.00 Å². The number of aryl methyl sites for hydroxylation is 2. The van der Waals surface area contributed by atoms with Gasteiger partial charge in [-0.2, -0.15) is 18.3 Å². The van der Waals surface area contributed by atoms with Crippen LogP contribution in [-0.4, -0.2) is 34.5 Å². The monoisotopic (exact) mass is 468 g/mol. The van der Waals surface area contributed by atoms with Crippen molar-refractivity contribution in [2.24, 2.45) is 0 Å². The summed E-state index contributed by atoms with van der Waals surface area (Å²) in [5.74, 6) is -0.460. The van der Waals surface area contributed by atoms with E-state index in [9.17, 15) is 18.0 Å². The van der Waals surface area contributed by atoms with Crippen LogP contribution in [0, 0.1) is 6.92 Å². The number of alkyl halides is 3. The Kier molecular flexibility index (Phi) is 7.89. The second kappa shape index (κ2) is 9.77. The molecule has 0 unspecified atom stereocenters. The summed E-state index contributed by atoms with van der Waals surface area (Å²) in [6.45, 7) is 4.09. The number of thiophene rings is 1. The largest absolute Gasteiger partial charge is 0.465 e. The highest BCUT2D eigenvalue weighted by molar-refractivity contribution is 7.80. The summed E-state index contributed by atoms with van der Waals surface area (Å²) in [6, 6.07) is 1.75. The summed E-state index contributed by atoms with van der Waals surface area (Å²) in [5.41, 5.74) is -0.422. The van der Waals surface area contributed by atoms with E-state index in [0.717, 1.165) is 11.3 Å². The molecule has 0 amide bonds. The summed E-state index contributed by atoms with van der Waals surface area (Å²) in [7, 11) is 1.31. The lowest BCUT2D eigenvalue weighted by Crippen LogP contribution is -2.30. The van der Waals surface area contributed by atoms with E-state index < -0.39 is 17.8 Å². The number of hydrogen-bond acceptors (Lipinski definition) is 5. The molecule has 12 heteroatoms. The minimum Gasteiger partial charge on any atom is -0.465 e. The predicted octanol–water partition coefficient (Wildman–Crippen LogP) is 4.65. The van der Waals surface area contributed by atoms with Crippen LogP contribution in [-0.2, 0) is 23.9 Å². The zero-order valence-corrected chi connectivity index (χ0v) is 18.3. The molecular weight excluding hydrogens is 449 g/mol. The molecule has 0 saturated heterocycles. The van der Waals surface area contributed by atoms with Gasteiger partial charge in [0, 0.05) is 18.0 Å². The van der Waals surface area contributed by atoms with E-state index in [1.54, 1.807) is 6.07 Å². The van der Waals surface area contributed by atoms with E-state index in [-0.39, 0.29) is 17.3 Å². The number of anilines is 1. The molecule has 0 saturated carbocycles. The molecule has 0 fully saturated rings. The summed E-state index contributed by atoms with van der Waals surface area (Å²) >= 11 is 12.4. The number of carbonyl (C=O) groups is 1. The smallest absolute Gasteiger partial charge is 0.436 e. The molecule has 2 heterocycles. The summed E-state index contributed by atoms with van der Waals surface area (Å²) < 4.78 is 44.6. The molecular formula is C17H20ClF3N4O2S2. The second-order valence-corrected chi connectivity index (χ2v) is 7.93. The molecule has 0 aromatic carbocycles. The van der Waals surface area contributed by atoms with Crippen LogP contribution < -0.4 is 10.6 Å². The Morgan fingerprint density at radius 3 is 2.69 bits per heavy atom. The van der Waals surface area contributed by atoms with Gasteiger partial charge in [0.15, 0.2) is 10.8 Å². The highest BCUT2D eigenvalue weighted by Gasteiger charge is 2.38. The first-order valence-corrected chi connectivity index (χ1v) is 10.2. The molecule has 2 N–H and O–H groups in total. The van der Waals surface area contributed by atoms with E-state index in [1.165, 1.54) is 30.1 Å². The zero-order valence-electron chi connectivity index (χ0n) is 15.9. The number of nitrogens with one attached hydrogen (secondary N) is 2. The van der Waals surface area contributed by atoms with Crippen molar-refractivity contribution in [1.82, 2.24) is 15.1 Å². The highest BCUT2D eigenvalue weighted by Crippen LogP contribution is 2.35. The van der Waals surface area contributed by atoms with Crippen molar-refractivity contribution < 1.29 is 22.7 Å². The van der Waals surface area contributed by atoms with Crippen molar-refractivity contribution in [3.8, 4) is 0 Å². The van der Waals surface area contributed by atoms with Crippen LogP contribution in [0.2, 0.25) is 5.02 Å². The average molecular weight is 469 g/mol. The molecule has 0 bridgehead atoms.